The third-order valence-corrected chi connectivity index (χ3v) is 14.4. The molecule has 0 rings (SSSR count). The van der Waals surface area contributed by atoms with Crippen molar-refractivity contribution < 1.29 is 24.5 Å². The summed E-state index contributed by atoms with van der Waals surface area (Å²) in [6.45, 7) is 4.93. The molecular weight excluding hydrogens is 863 g/mol. The molecule has 0 aromatic heterocycles. The van der Waals surface area contributed by atoms with Crippen LogP contribution >= 0.6 is 0 Å². The number of aliphatic hydroxyl groups excluding tert-OH is 2. The molecule has 0 spiro atoms. The molecule has 0 aromatic rings. The second-order valence-corrected chi connectivity index (χ2v) is 21.4. The predicted octanol–water partition coefficient (Wildman–Crippen LogP) is 19.6. The fourth-order valence-corrected chi connectivity index (χ4v) is 9.61. The van der Waals surface area contributed by atoms with E-state index >= 15 is 0 Å². The lowest BCUT2D eigenvalue weighted by Crippen LogP contribution is -2.45. The van der Waals surface area contributed by atoms with Crippen LogP contribution in [0.3, 0.4) is 0 Å². The molecule has 0 fully saturated rings. The second kappa shape index (κ2) is 59.6. The molecule has 412 valence electrons. The van der Waals surface area contributed by atoms with Crippen molar-refractivity contribution in [1.82, 2.24) is 5.32 Å². The van der Waals surface area contributed by atoms with E-state index in [4.69, 9.17) is 4.74 Å². The zero-order valence-electron chi connectivity index (χ0n) is 47.0. The number of allylic oxidation sites excluding steroid dienone is 6. The molecule has 2 unspecified atom stereocenters. The minimum absolute atomic E-state index is 0.00419. The Kier molecular flexibility index (Phi) is 58.0. The maximum absolute atomic E-state index is 12.5. The van der Waals surface area contributed by atoms with Crippen LogP contribution in [0, 0.1) is 0 Å². The fraction of sp³-hybridized carbons (Fsp3) is 0.875. The van der Waals surface area contributed by atoms with E-state index in [0.29, 0.717) is 25.9 Å². The molecule has 70 heavy (non-hydrogen) atoms. The van der Waals surface area contributed by atoms with Crippen molar-refractivity contribution in [3.8, 4) is 0 Å². The molecule has 1 amide bonds. The third-order valence-electron chi connectivity index (χ3n) is 14.4. The van der Waals surface area contributed by atoms with Gasteiger partial charge >= 0.3 is 5.97 Å². The van der Waals surface area contributed by atoms with Gasteiger partial charge in [0, 0.05) is 12.8 Å². The monoisotopic (exact) mass is 984 g/mol. The second-order valence-electron chi connectivity index (χ2n) is 21.4. The normalized spacial score (nSPS) is 12.8. The highest BCUT2D eigenvalue weighted by atomic mass is 16.5. The lowest BCUT2D eigenvalue weighted by molar-refractivity contribution is -0.143. The molecule has 0 aliphatic carbocycles. The van der Waals surface area contributed by atoms with Crippen LogP contribution in [0.2, 0.25) is 0 Å². The topological polar surface area (TPSA) is 95.9 Å². The molecule has 2 atom stereocenters. The van der Waals surface area contributed by atoms with Gasteiger partial charge in [-0.2, -0.15) is 0 Å². The Morgan fingerprint density at radius 1 is 0.400 bits per heavy atom. The number of hydrogen-bond donors (Lipinski definition) is 3. The van der Waals surface area contributed by atoms with E-state index in [9.17, 15) is 19.8 Å². The number of unbranched alkanes of at least 4 members (excludes halogenated alkanes) is 41. The van der Waals surface area contributed by atoms with Gasteiger partial charge in [0.25, 0.3) is 0 Å². The summed E-state index contributed by atoms with van der Waals surface area (Å²) in [5.41, 5.74) is 0. The Morgan fingerprint density at radius 3 is 1.11 bits per heavy atom. The number of amides is 1. The minimum atomic E-state index is -0.667. The van der Waals surface area contributed by atoms with Gasteiger partial charge in [0.15, 0.2) is 0 Å². The summed E-state index contributed by atoms with van der Waals surface area (Å²) in [5.74, 6) is -0.0372. The molecule has 6 heteroatoms. The molecule has 3 N–H and O–H groups in total. The Balaban J connectivity index is 3.39. The number of hydrogen-bond acceptors (Lipinski definition) is 5. The predicted molar refractivity (Wildman–Crippen MR) is 306 cm³/mol. The zero-order valence-corrected chi connectivity index (χ0v) is 47.0. The Labute approximate surface area is 436 Å². The van der Waals surface area contributed by atoms with Gasteiger partial charge in [-0.05, 0) is 83.5 Å². The van der Waals surface area contributed by atoms with E-state index in [0.717, 1.165) is 51.4 Å². The fourth-order valence-electron chi connectivity index (χ4n) is 9.61. The van der Waals surface area contributed by atoms with Gasteiger partial charge in [-0.3, -0.25) is 9.59 Å². The van der Waals surface area contributed by atoms with Crippen LogP contribution in [0.4, 0.5) is 0 Å². The lowest BCUT2D eigenvalue weighted by Gasteiger charge is -2.22. The van der Waals surface area contributed by atoms with Crippen LogP contribution in [0.15, 0.2) is 36.5 Å². The highest BCUT2D eigenvalue weighted by Gasteiger charge is 2.20. The summed E-state index contributed by atoms with van der Waals surface area (Å²) in [6.07, 6.45) is 74.4. The van der Waals surface area contributed by atoms with Gasteiger partial charge in [-0.15, -0.1) is 0 Å². The first kappa shape index (κ1) is 68.1. The molecule has 0 radical (unpaired) electrons. The molecule has 0 saturated heterocycles. The average molecular weight is 985 g/mol. The van der Waals surface area contributed by atoms with Crippen LogP contribution in [0.5, 0.6) is 0 Å². The van der Waals surface area contributed by atoms with Gasteiger partial charge in [0.05, 0.1) is 25.4 Å². The van der Waals surface area contributed by atoms with Crippen molar-refractivity contribution in [2.45, 2.75) is 347 Å². The molecule has 0 heterocycles. The quantitative estimate of drug-likeness (QED) is 0.0321. The number of carbonyl (C=O) groups is 2. The molecule has 0 aliphatic rings. The smallest absolute Gasteiger partial charge is 0.305 e. The molecule has 0 aromatic carbocycles. The van der Waals surface area contributed by atoms with Gasteiger partial charge in [0.2, 0.25) is 5.91 Å². The van der Waals surface area contributed by atoms with E-state index in [1.807, 2.05) is 0 Å². The summed E-state index contributed by atoms with van der Waals surface area (Å²) in [4.78, 5) is 24.5. The maximum Gasteiger partial charge on any atom is 0.305 e. The number of ether oxygens (including phenoxy) is 1. The van der Waals surface area contributed by atoms with Crippen LogP contribution in [0.1, 0.15) is 335 Å². The Bertz CT molecular complexity index is 1130. The van der Waals surface area contributed by atoms with E-state index < -0.39 is 12.1 Å². The van der Waals surface area contributed by atoms with Crippen LogP contribution < -0.4 is 5.32 Å². The first-order chi connectivity index (χ1) is 34.5. The lowest BCUT2D eigenvalue weighted by atomic mass is 10.0. The maximum atomic E-state index is 12.5. The van der Waals surface area contributed by atoms with Crippen molar-refractivity contribution >= 4 is 11.9 Å². The van der Waals surface area contributed by atoms with E-state index in [2.05, 4.69) is 55.6 Å². The van der Waals surface area contributed by atoms with Crippen LogP contribution in [-0.4, -0.2) is 47.4 Å². The highest BCUT2D eigenvalue weighted by molar-refractivity contribution is 5.76. The first-order valence-electron chi connectivity index (χ1n) is 31.2. The van der Waals surface area contributed by atoms with Crippen molar-refractivity contribution in [2.24, 2.45) is 0 Å². The summed E-state index contributed by atoms with van der Waals surface area (Å²) in [7, 11) is 0. The summed E-state index contributed by atoms with van der Waals surface area (Å²) >= 11 is 0. The number of carbonyl (C=O) groups excluding carboxylic acids is 2. The molecule has 0 saturated carbocycles. The van der Waals surface area contributed by atoms with Gasteiger partial charge in [-0.1, -0.05) is 275 Å². The standard InChI is InChI=1S/C64H121NO5/c1-3-5-7-9-11-13-15-17-18-19-28-31-34-38-42-46-50-54-58-64(69)70-59-55-51-47-43-39-35-32-29-26-24-22-20-21-23-25-27-30-33-37-41-45-49-53-57-63(68)65-61(60-66)62(67)56-52-48-44-40-36-16-14-12-10-8-6-4-2/h13,15,18-19,23,25,61-62,66-67H,3-12,14,16-17,20-22,24,26-60H2,1-2H3,(H,65,68)/b15-13-,19-18-,25-23-. The van der Waals surface area contributed by atoms with Crippen molar-refractivity contribution in [1.29, 1.82) is 0 Å². The van der Waals surface area contributed by atoms with Crippen molar-refractivity contribution in [2.75, 3.05) is 13.2 Å². The van der Waals surface area contributed by atoms with Crippen LogP contribution in [0.25, 0.3) is 0 Å². The summed E-state index contributed by atoms with van der Waals surface area (Å²) < 4.78 is 5.49. The highest BCUT2D eigenvalue weighted by Crippen LogP contribution is 2.17. The molecule has 0 bridgehead atoms. The van der Waals surface area contributed by atoms with Crippen molar-refractivity contribution in [3.05, 3.63) is 36.5 Å². The summed E-state index contributed by atoms with van der Waals surface area (Å²) in [6, 6.07) is -0.545. The molecule has 6 nitrogen and oxygen atoms in total. The molecule has 0 aliphatic heterocycles. The van der Waals surface area contributed by atoms with E-state index in [1.165, 1.54) is 250 Å². The van der Waals surface area contributed by atoms with Gasteiger partial charge in [-0.25, -0.2) is 0 Å². The average Bonchev–Trinajstić information content (AvgIpc) is 3.36. The van der Waals surface area contributed by atoms with Gasteiger partial charge < -0.3 is 20.3 Å². The number of nitrogens with one attached hydrogen (secondary N) is 1. The largest absolute Gasteiger partial charge is 0.466 e. The van der Waals surface area contributed by atoms with Crippen LogP contribution in [-0.2, 0) is 14.3 Å². The Morgan fingerprint density at radius 2 is 0.714 bits per heavy atom. The summed E-state index contributed by atoms with van der Waals surface area (Å²) in [5, 5.41) is 23.2. The zero-order chi connectivity index (χ0) is 50.7. The minimum Gasteiger partial charge on any atom is -0.466 e. The number of rotatable bonds is 58. The van der Waals surface area contributed by atoms with Gasteiger partial charge in [0.1, 0.15) is 0 Å². The Hall–Kier alpha value is -1.92. The number of aliphatic hydroxyl groups is 2. The number of esters is 1. The van der Waals surface area contributed by atoms with Crippen molar-refractivity contribution in [3.63, 3.8) is 0 Å². The SMILES string of the molecule is CCCCCC/C=C\C/C=C\CCCCCCCCCC(=O)OCCCCCCCCCCCCCC/C=C\CCCCCCCCCC(=O)NC(CO)C(O)CCCCCCCCCCCCCC. The molecular formula is C64H121NO5. The third kappa shape index (κ3) is 55.4. The first-order valence-corrected chi connectivity index (χ1v) is 31.2. The van der Waals surface area contributed by atoms with E-state index in [-0.39, 0.29) is 18.5 Å². The van der Waals surface area contributed by atoms with E-state index in [1.54, 1.807) is 0 Å².